The molecule has 1 N–H and O–H groups in total. The van der Waals surface area contributed by atoms with E-state index >= 15 is 0 Å². The summed E-state index contributed by atoms with van der Waals surface area (Å²) in [5.41, 5.74) is 2.96. The first kappa shape index (κ1) is 13.6. The highest BCUT2D eigenvalue weighted by Crippen LogP contribution is 2.46. The van der Waals surface area contributed by atoms with Crippen LogP contribution in [-0.4, -0.2) is 18.2 Å². The van der Waals surface area contributed by atoms with Crippen molar-refractivity contribution in [3.63, 3.8) is 0 Å². The summed E-state index contributed by atoms with van der Waals surface area (Å²) in [5, 5.41) is 9.29. The fourth-order valence-corrected chi connectivity index (χ4v) is 2.54. The zero-order valence-electron chi connectivity index (χ0n) is 11.6. The van der Waals surface area contributed by atoms with Crippen LogP contribution in [0.3, 0.4) is 0 Å². The van der Waals surface area contributed by atoms with Gasteiger partial charge in [0.2, 0.25) is 0 Å². The molecule has 0 saturated heterocycles. The van der Waals surface area contributed by atoms with E-state index < -0.39 is 5.97 Å². The molecule has 1 aliphatic carbocycles. The lowest BCUT2D eigenvalue weighted by Gasteiger charge is -2.14. The van der Waals surface area contributed by atoms with Crippen molar-refractivity contribution in [3.05, 3.63) is 53.3 Å². The van der Waals surface area contributed by atoms with Crippen LogP contribution in [-0.2, 0) is 0 Å². The Hall–Kier alpha value is -2.36. The minimum absolute atomic E-state index is 0.172. The lowest BCUT2D eigenvalue weighted by Crippen LogP contribution is -2.03. The summed E-state index contributed by atoms with van der Waals surface area (Å²) in [6, 6.07) is 9.65. The first-order valence-electron chi connectivity index (χ1n) is 6.81. The molecule has 0 heterocycles. The Labute approximate surface area is 122 Å². The largest absolute Gasteiger partial charge is 0.496 e. The first-order valence-corrected chi connectivity index (χ1v) is 6.81. The summed E-state index contributed by atoms with van der Waals surface area (Å²) >= 11 is 0. The molecule has 0 aliphatic heterocycles. The van der Waals surface area contributed by atoms with Crippen LogP contribution in [0.1, 0.15) is 34.7 Å². The zero-order valence-corrected chi connectivity index (χ0v) is 11.6. The molecule has 108 valence electrons. The Balaban J connectivity index is 2.18. The van der Waals surface area contributed by atoms with E-state index in [9.17, 15) is 14.3 Å². The summed E-state index contributed by atoms with van der Waals surface area (Å²) in [5.74, 6) is -0.583. The second-order valence-corrected chi connectivity index (χ2v) is 5.23. The number of benzene rings is 2. The van der Waals surface area contributed by atoms with E-state index in [4.69, 9.17) is 4.74 Å². The monoisotopic (exact) mass is 286 g/mol. The van der Waals surface area contributed by atoms with E-state index in [-0.39, 0.29) is 11.4 Å². The maximum Gasteiger partial charge on any atom is 0.339 e. The molecular weight excluding hydrogens is 271 g/mol. The standard InChI is InChI=1S/C17H15FO3/c1-21-16-9-14(11-4-6-12(18)7-5-11)13(10-2-3-10)8-15(16)17(19)20/h4-10H,2-3H2,1H3,(H,19,20). The van der Waals surface area contributed by atoms with Crippen LogP contribution in [0.15, 0.2) is 36.4 Å². The molecule has 0 aromatic heterocycles. The average Bonchev–Trinajstić information content (AvgIpc) is 3.31. The third kappa shape index (κ3) is 2.61. The molecule has 3 nitrogen and oxygen atoms in total. The van der Waals surface area contributed by atoms with Gasteiger partial charge < -0.3 is 9.84 Å². The van der Waals surface area contributed by atoms with Gasteiger partial charge in [-0.2, -0.15) is 0 Å². The minimum atomic E-state index is -1.00. The van der Waals surface area contributed by atoms with Gasteiger partial charge in [-0.25, -0.2) is 9.18 Å². The zero-order chi connectivity index (χ0) is 15.0. The highest BCUT2D eigenvalue weighted by molar-refractivity contribution is 5.93. The maximum atomic E-state index is 13.1. The van der Waals surface area contributed by atoms with Crippen molar-refractivity contribution in [3.8, 4) is 16.9 Å². The van der Waals surface area contributed by atoms with Crippen LogP contribution >= 0.6 is 0 Å². The van der Waals surface area contributed by atoms with E-state index in [1.807, 2.05) is 0 Å². The summed E-state index contributed by atoms with van der Waals surface area (Å²) in [7, 11) is 1.45. The normalized spacial score (nSPS) is 14.0. The van der Waals surface area contributed by atoms with Gasteiger partial charge in [-0.15, -0.1) is 0 Å². The van der Waals surface area contributed by atoms with Gasteiger partial charge in [0.25, 0.3) is 0 Å². The number of hydrogen-bond donors (Lipinski definition) is 1. The number of carboxylic acid groups (broad SMARTS) is 1. The Bertz CT molecular complexity index is 688. The average molecular weight is 286 g/mol. The van der Waals surface area contributed by atoms with Gasteiger partial charge >= 0.3 is 5.97 Å². The van der Waals surface area contributed by atoms with E-state index in [1.54, 1.807) is 24.3 Å². The molecule has 0 bridgehead atoms. The smallest absolute Gasteiger partial charge is 0.339 e. The molecule has 2 aromatic carbocycles. The topological polar surface area (TPSA) is 46.5 Å². The number of hydrogen-bond acceptors (Lipinski definition) is 2. The fourth-order valence-electron chi connectivity index (χ4n) is 2.54. The van der Waals surface area contributed by atoms with Crippen molar-refractivity contribution >= 4 is 5.97 Å². The second-order valence-electron chi connectivity index (χ2n) is 5.23. The SMILES string of the molecule is COc1cc(-c2ccc(F)cc2)c(C2CC2)cc1C(=O)O. The number of rotatable bonds is 4. The van der Waals surface area contributed by atoms with Crippen LogP contribution < -0.4 is 4.74 Å². The van der Waals surface area contributed by atoms with E-state index in [0.717, 1.165) is 29.5 Å². The van der Waals surface area contributed by atoms with Crippen molar-refractivity contribution in [2.45, 2.75) is 18.8 Å². The molecule has 0 radical (unpaired) electrons. The summed E-state index contributed by atoms with van der Waals surface area (Å²) in [6.07, 6.45) is 2.11. The van der Waals surface area contributed by atoms with Gasteiger partial charge in [0.15, 0.2) is 0 Å². The van der Waals surface area contributed by atoms with Gasteiger partial charge in [0.1, 0.15) is 17.1 Å². The van der Waals surface area contributed by atoms with E-state index in [0.29, 0.717) is 11.7 Å². The molecule has 2 aromatic rings. The van der Waals surface area contributed by atoms with Gasteiger partial charge in [-0.1, -0.05) is 12.1 Å². The molecule has 0 amide bonds. The Morgan fingerprint density at radius 2 is 1.90 bits per heavy atom. The van der Waals surface area contributed by atoms with Crippen molar-refractivity contribution < 1.29 is 19.0 Å². The minimum Gasteiger partial charge on any atom is -0.496 e. The third-order valence-electron chi connectivity index (χ3n) is 3.77. The summed E-state index contributed by atoms with van der Waals surface area (Å²) < 4.78 is 18.3. The number of halogens is 1. The Morgan fingerprint density at radius 3 is 2.43 bits per heavy atom. The molecule has 0 unspecified atom stereocenters. The number of ether oxygens (including phenoxy) is 1. The van der Waals surface area contributed by atoms with Crippen molar-refractivity contribution in [2.75, 3.05) is 7.11 Å². The molecule has 3 rings (SSSR count). The van der Waals surface area contributed by atoms with Crippen molar-refractivity contribution in [2.24, 2.45) is 0 Å². The Morgan fingerprint density at radius 1 is 1.24 bits per heavy atom. The lowest BCUT2D eigenvalue weighted by molar-refractivity contribution is 0.0693. The van der Waals surface area contributed by atoms with Crippen LogP contribution in [0.2, 0.25) is 0 Å². The molecule has 0 atom stereocenters. The highest BCUT2D eigenvalue weighted by atomic mass is 19.1. The Kier molecular flexibility index (Phi) is 3.37. The molecule has 1 aliphatic rings. The quantitative estimate of drug-likeness (QED) is 0.921. The van der Waals surface area contributed by atoms with Gasteiger partial charge in [-0.05, 0) is 59.7 Å². The van der Waals surface area contributed by atoms with Crippen molar-refractivity contribution in [1.82, 2.24) is 0 Å². The second kappa shape index (κ2) is 5.20. The van der Waals surface area contributed by atoms with Crippen LogP contribution in [0.4, 0.5) is 4.39 Å². The van der Waals surface area contributed by atoms with E-state index in [1.165, 1.54) is 19.2 Å². The highest BCUT2D eigenvalue weighted by Gasteiger charge is 2.29. The lowest BCUT2D eigenvalue weighted by atomic mass is 9.94. The van der Waals surface area contributed by atoms with E-state index in [2.05, 4.69) is 0 Å². The van der Waals surface area contributed by atoms with Crippen LogP contribution in [0.25, 0.3) is 11.1 Å². The maximum absolute atomic E-state index is 13.1. The molecule has 1 fully saturated rings. The van der Waals surface area contributed by atoms with Crippen molar-refractivity contribution in [1.29, 1.82) is 0 Å². The predicted octanol–water partition coefficient (Wildman–Crippen LogP) is 4.08. The number of carbonyl (C=O) groups is 1. The molecule has 21 heavy (non-hydrogen) atoms. The number of methoxy groups -OCH3 is 1. The predicted molar refractivity (Wildman–Crippen MR) is 77.3 cm³/mol. The molecule has 4 heteroatoms. The first-order chi connectivity index (χ1) is 10.1. The third-order valence-corrected chi connectivity index (χ3v) is 3.77. The van der Waals surface area contributed by atoms with Crippen LogP contribution in [0, 0.1) is 5.82 Å². The number of carboxylic acids is 1. The number of aromatic carboxylic acids is 1. The summed E-state index contributed by atoms with van der Waals surface area (Å²) in [4.78, 5) is 11.3. The fraction of sp³-hybridized carbons (Fsp3) is 0.235. The van der Waals surface area contributed by atoms with Gasteiger partial charge in [-0.3, -0.25) is 0 Å². The van der Waals surface area contributed by atoms with Crippen LogP contribution in [0.5, 0.6) is 5.75 Å². The van der Waals surface area contributed by atoms with Gasteiger partial charge in [0, 0.05) is 0 Å². The van der Waals surface area contributed by atoms with Gasteiger partial charge in [0.05, 0.1) is 7.11 Å². The molecule has 1 saturated carbocycles. The molecule has 0 spiro atoms. The molecular formula is C17H15FO3. The summed E-state index contributed by atoms with van der Waals surface area (Å²) in [6.45, 7) is 0.